The summed E-state index contributed by atoms with van der Waals surface area (Å²) in [4.78, 5) is 11.6. The van der Waals surface area contributed by atoms with Crippen molar-refractivity contribution in [3.8, 4) is 0 Å². The highest BCUT2D eigenvalue weighted by atomic mass is 19.1. The van der Waals surface area contributed by atoms with Crippen LogP contribution < -0.4 is 0 Å². The molecule has 0 aromatic heterocycles. The molecule has 0 bridgehead atoms. The first-order chi connectivity index (χ1) is 8.13. The molecule has 1 aromatic carbocycles. The van der Waals surface area contributed by atoms with Crippen molar-refractivity contribution in [2.75, 3.05) is 13.2 Å². The lowest BCUT2D eigenvalue weighted by Gasteiger charge is -2.03. The van der Waals surface area contributed by atoms with Crippen LogP contribution in [0.25, 0.3) is 0 Å². The number of hydrogen-bond acceptors (Lipinski definition) is 2. The smallest absolute Gasteiger partial charge is 0.165 e. The molecule has 0 heterocycles. The van der Waals surface area contributed by atoms with Crippen molar-refractivity contribution in [3.05, 3.63) is 35.4 Å². The lowest BCUT2D eigenvalue weighted by molar-refractivity contribution is 0.0873. The summed E-state index contributed by atoms with van der Waals surface area (Å²) in [6, 6.07) is 2.82. The van der Waals surface area contributed by atoms with E-state index in [1.54, 1.807) is 0 Å². The quantitative estimate of drug-likeness (QED) is 0.541. The number of ether oxygens (including phenoxy) is 1. The fourth-order valence-corrected chi connectivity index (χ4v) is 1.37. The highest BCUT2D eigenvalue weighted by molar-refractivity contribution is 5.96. The lowest BCUT2D eigenvalue weighted by atomic mass is 10.1. The lowest BCUT2D eigenvalue weighted by Crippen LogP contribution is -2.06. The van der Waals surface area contributed by atoms with Crippen LogP contribution in [0.5, 0.6) is 0 Å². The van der Waals surface area contributed by atoms with Gasteiger partial charge in [0.1, 0.15) is 11.6 Å². The SMILES string of the molecule is CCCCOCCC(=O)c1cc(F)cc(F)c1. The van der Waals surface area contributed by atoms with Crippen LogP contribution in [0.2, 0.25) is 0 Å². The number of carbonyl (C=O) groups is 1. The first kappa shape index (κ1) is 13.8. The highest BCUT2D eigenvalue weighted by Gasteiger charge is 2.09. The van der Waals surface area contributed by atoms with E-state index < -0.39 is 11.6 Å². The van der Waals surface area contributed by atoms with Gasteiger partial charge in [0.2, 0.25) is 0 Å². The minimum atomic E-state index is -0.736. The molecule has 0 atom stereocenters. The average molecular weight is 242 g/mol. The van der Waals surface area contributed by atoms with Gasteiger partial charge in [-0.15, -0.1) is 0 Å². The number of hydrogen-bond donors (Lipinski definition) is 0. The molecule has 1 aromatic rings. The van der Waals surface area contributed by atoms with Crippen LogP contribution in [0.15, 0.2) is 18.2 Å². The van der Waals surface area contributed by atoms with E-state index in [1.165, 1.54) is 0 Å². The van der Waals surface area contributed by atoms with Crippen molar-refractivity contribution in [2.24, 2.45) is 0 Å². The number of unbranched alkanes of at least 4 members (excludes halogenated alkanes) is 1. The summed E-state index contributed by atoms with van der Waals surface area (Å²) in [5.41, 5.74) is 0.0570. The standard InChI is InChI=1S/C13H16F2O2/c1-2-3-5-17-6-4-13(16)10-7-11(14)9-12(15)8-10/h7-9H,2-6H2,1H3. The third-order valence-electron chi connectivity index (χ3n) is 2.30. The average Bonchev–Trinajstić information content (AvgIpc) is 2.27. The number of halogens is 2. The zero-order valence-corrected chi connectivity index (χ0v) is 9.84. The van der Waals surface area contributed by atoms with E-state index >= 15 is 0 Å². The van der Waals surface area contributed by atoms with Gasteiger partial charge in [0.25, 0.3) is 0 Å². The van der Waals surface area contributed by atoms with Gasteiger partial charge in [-0.05, 0) is 18.6 Å². The van der Waals surface area contributed by atoms with E-state index in [0.29, 0.717) is 6.61 Å². The minimum absolute atomic E-state index is 0.0570. The molecule has 0 saturated heterocycles. The maximum Gasteiger partial charge on any atom is 0.165 e. The molecule has 0 radical (unpaired) electrons. The zero-order chi connectivity index (χ0) is 12.7. The van der Waals surface area contributed by atoms with Crippen LogP contribution in [0.4, 0.5) is 8.78 Å². The van der Waals surface area contributed by atoms with Crippen LogP contribution in [0, 0.1) is 11.6 Å². The van der Waals surface area contributed by atoms with Crippen molar-refractivity contribution in [2.45, 2.75) is 26.2 Å². The second-order valence-corrected chi connectivity index (χ2v) is 3.80. The second kappa shape index (κ2) is 7.12. The van der Waals surface area contributed by atoms with Crippen LogP contribution in [-0.4, -0.2) is 19.0 Å². The van der Waals surface area contributed by atoms with E-state index in [-0.39, 0.29) is 24.4 Å². The van der Waals surface area contributed by atoms with Gasteiger partial charge in [0.15, 0.2) is 5.78 Å². The van der Waals surface area contributed by atoms with Crippen molar-refractivity contribution in [1.82, 2.24) is 0 Å². The number of benzene rings is 1. The van der Waals surface area contributed by atoms with Crippen LogP contribution in [0.3, 0.4) is 0 Å². The van der Waals surface area contributed by atoms with Gasteiger partial charge in [0, 0.05) is 24.7 Å². The number of Topliss-reactive ketones (excluding diaryl/α,β-unsaturated/α-hetero) is 1. The third kappa shape index (κ3) is 5.04. The molecule has 0 aliphatic carbocycles. The third-order valence-corrected chi connectivity index (χ3v) is 2.30. The Kier molecular flexibility index (Phi) is 5.77. The molecule has 0 aliphatic heterocycles. The minimum Gasteiger partial charge on any atom is -0.381 e. The normalized spacial score (nSPS) is 10.5. The van der Waals surface area contributed by atoms with Crippen LogP contribution in [0.1, 0.15) is 36.5 Å². The Morgan fingerprint density at radius 3 is 2.41 bits per heavy atom. The molecule has 0 aliphatic rings. The molecule has 94 valence electrons. The molecule has 0 saturated carbocycles. The largest absolute Gasteiger partial charge is 0.381 e. The molecule has 0 amide bonds. The summed E-state index contributed by atoms with van der Waals surface area (Å²) >= 11 is 0. The monoisotopic (exact) mass is 242 g/mol. The Balaban J connectivity index is 2.41. The van der Waals surface area contributed by atoms with Crippen molar-refractivity contribution >= 4 is 5.78 Å². The van der Waals surface area contributed by atoms with Crippen molar-refractivity contribution in [3.63, 3.8) is 0 Å². The molecule has 0 N–H and O–H groups in total. The highest BCUT2D eigenvalue weighted by Crippen LogP contribution is 2.10. The molecule has 0 fully saturated rings. The van der Waals surface area contributed by atoms with Gasteiger partial charge in [-0.2, -0.15) is 0 Å². The molecule has 17 heavy (non-hydrogen) atoms. The number of ketones is 1. The first-order valence-electron chi connectivity index (χ1n) is 5.70. The topological polar surface area (TPSA) is 26.3 Å². The van der Waals surface area contributed by atoms with Crippen LogP contribution >= 0.6 is 0 Å². The van der Waals surface area contributed by atoms with E-state index in [4.69, 9.17) is 4.74 Å². The van der Waals surface area contributed by atoms with Gasteiger partial charge in [-0.1, -0.05) is 13.3 Å². The maximum absolute atomic E-state index is 12.9. The van der Waals surface area contributed by atoms with Gasteiger partial charge in [-0.3, -0.25) is 4.79 Å². The van der Waals surface area contributed by atoms with Crippen molar-refractivity contribution < 1.29 is 18.3 Å². The summed E-state index contributed by atoms with van der Waals surface area (Å²) < 4.78 is 30.9. The van der Waals surface area contributed by atoms with E-state index in [2.05, 4.69) is 0 Å². The summed E-state index contributed by atoms with van der Waals surface area (Å²) in [6.07, 6.45) is 2.12. The second-order valence-electron chi connectivity index (χ2n) is 3.80. The fourth-order valence-electron chi connectivity index (χ4n) is 1.37. The Hall–Kier alpha value is -1.29. The van der Waals surface area contributed by atoms with E-state index in [1.807, 2.05) is 6.92 Å². The first-order valence-corrected chi connectivity index (χ1v) is 5.70. The molecule has 0 spiro atoms. The summed E-state index contributed by atoms with van der Waals surface area (Å²) in [5.74, 6) is -1.78. The predicted molar refractivity (Wildman–Crippen MR) is 61.0 cm³/mol. The summed E-state index contributed by atoms with van der Waals surface area (Å²) in [7, 11) is 0. The summed E-state index contributed by atoms with van der Waals surface area (Å²) in [6.45, 7) is 2.95. The fraction of sp³-hybridized carbons (Fsp3) is 0.462. The van der Waals surface area contributed by atoms with Gasteiger partial charge < -0.3 is 4.74 Å². The van der Waals surface area contributed by atoms with Gasteiger partial charge in [-0.25, -0.2) is 8.78 Å². The number of rotatable bonds is 7. The Morgan fingerprint density at radius 1 is 1.18 bits per heavy atom. The maximum atomic E-state index is 12.9. The molecular formula is C13H16F2O2. The molecule has 1 rings (SSSR count). The Morgan fingerprint density at radius 2 is 1.82 bits per heavy atom. The molecule has 2 nitrogen and oxygen atoms in total. The molecule has 4 heteroatoms. The molecule has 0 unspecified atom stereocenters. The summed E-state index contributed by atoms with van der Waals surface area (Å²) in [5, 5.41) is 0. The van der Waals surface area contributed by atoms with E-state index in [9.17, 15) is 13.6 Å². The van der Waals surface area contributed by atoms with Crippen molar-refractivity contribution in [1.29, 1.82) is 0 Å². The zero-order valence-electron chi connectivity index (χ0n) is 9.84. The molecular weight excluding hydrogens is 226 g/mol. The Labute approximate surface area is 99.6 Å². The van der Waals surface area contributed by atoms with E-state index in [0.717, 1.165) is 31.0 Å². The Bertz CT molecular complexity index is 357. The van der Waals surface area contributed by atoms with Crippen LogP contribution in [-0.2, 0) is 4.74 Å². The number of carbonyl (C=O) groups excluding carboxylic acids is 1. The van der Waals surface area contributed by atoms with Gasteiger partial charge in [0.05, 0.1) is 6.61 Å². The predicted octanol–water partition coefficient (Wildman–Crippen LogP) is 3.35. The van der Waals surface area contributed by atoms with Gasteiger partial charge >= 0.3 is 0 Å².